The highest BCUT2D eigenvalue weighted by Crippen LogP contribution is 2.06. The van der Waals surface area contributed by atoms with Gasteiger partial charge in [0.1, 0.15) is 0 Å². The molecule has 3 nitrogen and oxygen atoms in total. The summed E-state index contributed by atoms with van der Waals surface area (Å²) in [4.78, 5) is 7.18. The predicted molar refractivity (Wildman–Crippen MR) is 82.1 cm³/mol. The molecule has 19 heavy (non-hydrogen) atoms. The van der Waals surface area contributed by atoms with Crippen LogP contribution in [0.15, 0.2) is 18.2 Å². The van der Waals surface area contributed by atoms with E-state index >= 15 is 0 Å². The molecule has 1 heterocycles. The SMILES string of the molecule is CCCN(CC)Cc1cccc(CNC(C)(C)C)n1. The lowest BCUT2D eigenvalue weighted by Gasteiger charge is -2.21. The van der Waals surface area contributed by atoms with Crippen molar-refractivity contribution < 1.29 is 0 Å². The van der Waals surface area contributed by atoms with E-state index in [0.717, 1.165) is 31.9 Å². The van der Waals surface area contributed by atoms with Gasteiger partial charge in [0.2, 0.25) is 0 Å². The Hall–Kier alpha value is -0.930. The van der Waals surface area contributed by atoms with E-state index < -0.39 is 0 Å². The largest absolute Gasteiger partial charge is 0.306 e. The Balaban J connectivity index is 2.61. The van der Waals surface area contributed by atoms with Gasteiger partial charge in [0.05, 0.1) is 11.4 Å². The van der Waals surface area contributed by atoms with Crippen LogP contribution in [0.25, 0.3) is 0 Å². The fraction of sp³-hybridized carbons (Fsp3) is 0.688. The first-order valence-electron chi connectivity index (χ1n) is 7.36. The second-order valence-electron chi connectivity index (χ2n) is 6.09. The first kappa shape index (κ1) is 16.1. The van der Waals surface area contributed by atoms with Crippen molar-refractivity contribution in [2.75, 3.05) is 13.1 Å². The molecule has 0 saturated carbocycles. The molecule has 0 saturated heterocycles. The molecule has 0 radical (unpaired) electrons. The summed E-state index contributed by atoms with van der Waals surface area (Å²) in [5.41, 5.74) is 2.43. The van der Waals surface area contributed by atoms with Gasteiger partial charge in [-0.3, -0.25) is 9.88 Å². The molecular weight excluding hydrogens is 234 g/mol. The lowest BCUT2D eigenvalue weighted by molar-refractivity contribution is 0.277. The van der Waals surface area contributed by atoms with Gasteiger partial charge in [0, 0.05) is 18.6 Å². The summed E-state index contributed by atoms with van der Waals surface area (Å²) in [5.74, 6) is 0. The van der Waals surface area contributed by atoms with Gasteiger partial charge in [-0.2, -0.15) is 0 Å². The van der Waals surface area contributed by atoms with E-state index in [4.69, 9.17) is 4.98 Å². The van der Waals surface area contributed by atoms with E-state index in [0.29, 0.717) is 0 Å². The van der Waals surface area contributed by atoms with Crippen LogP contribution >= 0.6 is 0 Å². The van der Waals surface area contributed by atoms with E-state index in [2.05, 4.69) is 63.0 Å². The Bertz CT molecular complexity index is 369. The molecule has 0 bridgehead atoms. The molecule has 0 amide bonds. The Kier molecular flexibility index (Phi) is 6.46. The van der Waals surface area contributed by atoms with Gasteiger partial charge in [-0.25, -0.2) is 0 Å². The van der Waals surface area contributed by atoms with Crippen LogP contribution in [0, 0.1) is 0 Å². The zero-order valence-electron chi connectivity index (χ0n) is 13.2. The van der Waals surface area contributed by atoms with Gasteiger partial charge in [-0.1, -0.05) is 19.9 Å². The number of aromatic nitrogens is 1. The highest BCUT2D eigenvalue weighted by molar-refractivity contribution is 5.11. The molecule has 0 atom stereocenters. The molecule has 1 aromatic heterocycles. The number of nitrogens with one attached hydrogen (secondary N) is 1. The molecular formula is C16H29N3. The molecule has 0 aliphatic carbocycles. The van der Waals surface area contributed by atoms with Crippen LogP contribution in [-0.2, 0) is 13.1 Å². The van der Waals surface area contributed by atoms with Crippen molar-refractivity contribution in [3.05, 3.63) is 29.6 Å². The van der Waals surface area contributed by atoms with Crippen LogP contribution in [0.5, 0.6) is 0 Å². The van der Waals surface area contributed by atoms with E-state index in [1.807, 2.05) is 0 Å². The van der Waals surface area contributed by atoms with E-state index in [-0.39, 0.29) is 5.54 Å². The third kappa shape index (κ3) is 6.69. The van der Waals surface area contributed by atoms with Crippen molar-refractivity contribution in [2.24, 2.45) is 0 Å². The first-order valence-corrected chi connectivity index (χ1v) is 7.36. The normalized spacial score (nSPS) is 12.1. The standard InChI is InChI=1S/C16H29N3/c1-6-11-19(7-2)13-15-10-8-9-14(18-15)12-17-16(3,4)5/h8-10,17H,6-7,11-13H2,1-5H3. The maximum atomic E-state index is 4.74. The number of pyridine rings is 1. The van der Waals surface area contributed by atoms with Gasteiger partial charge < -0.3 is 5.32 Å². The highest BCUT2D eigenvalue weighted by atomic mass is 15.1. The van der Waals surface area contributed by atoms with Gasteiger partial charge in [-0.15, -0.1) is 0 Å². The number of nitrogens with zero attached hydrogens (tertiary/aromatic N) is 2. The lowest BCUT2D eigenvalue weighted by Crippen LogP contribution is -2.35. The minimum atomic E-state index is 0.134. The number of hydrogen-bond acceptors (Lipinski definition) is 3. The summed E-state index contributed by atoms with van der Waals surface area (Å²) in [6, 6.07) is 6.33. The van der Waals surface area contributed by atoms with Crippen molar-refractivity contribution in [1.82, 2.24) is 15.2 Å². The molecule has 1 N–H and O–H groups in total. The van der Waals surface area contributed by atoms with Crippen molar-refractivity contribution in [1.29, 1.82) is 0 Å². The monoisotopic (exact) mass is 263 g/mol. The highest BCUT2D eigenvalue weighted by Gasteiger charge is 2.09. The van der Waals surface area contributed by atoms with Gasteiger partial charge in [0.15, 0.2) is 0 Å². The number of hydrogen-bond donors (Lipinski definition) is 1. The second kappa shape index (κ2) is 7.61. The lowest BCUT2D eigenvalue weighted by atomic mass is 10.1. The van der Waals surface area contributed by atoms with Crippen LogP contribution in [-0.4, -0.2) is 28.5 Å². The Morgan fingerprint density at radius 1 is 1.16 bits per heavy atom. The second-order valence-corrected chi connectivity index (χ2v) is 6.09. The minimum Gasteiger partial charge on any atom is -0.306 e. The fourth-order valence-electron chi connectivity index (χ4n) is 1.97. The average molecular weight is 263 g/mol. The summed E-state index contributed by atoms with van der Waals surface area (Å²) >= 11 is 0. The maximum Gasteiger partial charge on any atom is 0.0547 e. The summed E-state index contributed by atoms with van der Waals surface area (Å²) in [7, 11) is 0. The zero-order chi connectivity index (χ0) is 14.3. The average Bonchev–Trinajstić information content (AvgIpc) is 2.35. The summed E-state index contributed by atoms with van der Waals surface area (Å²) in [6.07, 6.45) is 1.19. The minimum absolute atomic E-state index is 0.134. The topological polar surface area (TPSA) is 28.2 Å². The molecule has 0 spiro atoms. The zero-order valence-corrected chi connectivity index (χ0v) is 13.2. The molecule has 0 aromatic carbocycles. The van der Waals surface area contributed by atoms with Gasteiger partial charge >= 0.3 is 0 Å². The maximum absolute atomic E-state index is 4.74. The predicted octanol–water partition coefficient (Wildman–Crippen LogP) is 3.20. The number of rotatable bonds is 7. The first-order chi connectivity index (χ1) is 8.94. The van der Waals surface area contributed by atoms with E-state index in [1.54, 1.807) is 0 Å². The van der Waals surface area contributed by atoms with Crippen molar-refractivity contribution in [3.63, 3.8) is 0 Å². The van der Waals surface area contributed by atoms with Crippen molar-refractivity contribution >= 4 is 0 Å². The molecule has 0 aliphatic rings. The Morgan fingerprint density at radius 2 is 1.84 bits per heavy atom. The molecule has 0 aliphatic heterocycles. The Morgan fingerprint density at radius 3 is 2.42 bits per heavy atom. The molecule has 0 unspecified atom stereocenters. The van der Waals surface area contributed by atoms with E-state index in [1.165, 1.54) is 12.1 Å². The molecule has 1 rings (SSSR count). The molecule has 1 aromatic rings. The summed E-state index contributed by atoms with van der Waals surface area (Å²) in [6.45, 7) is 15.0. The smallest absolute Gasteiger partial charge is 0.0547 e. The third-order valence-corrected chi connectivity index (χ3v) is 3.04. The molecule has 108 valence electrons. The third-order valence-electron chi connectivity index (χ3n) is 3.04. The molecule has 0 fully saturated rings. The van der Waals surface area contributed by atoms with Crippen molar-refractivity contribution in [3.8, 4) is 0 Å². The summed E-state index contributed by atoms with van der Waals surface area (Å²) < 4.78 is 0. The summed E-state index contributed by atoms with van der Waals surface area (Å²) in [5, 5.41) is 3.48. The van der Waals surface area contributed by atoms with Crippen LogP contribution in [0.4, 0.5) is 0 Å². The van der Waals surface area contributed by atoms with Crippen LogP contribution < -0.4 is 5.32 Å². The van der Waals surface area contributed by atoms with Crippen molar-refractivity contribution in [2.45, 2.75) is 59.7 Å². The van der Waals surface area contributed by atoms with Gasteiger partial charge in [0.25, 0.3) is 0 Å². The van der Waals surface area contributed by atoms with Crippen LogP contribution in [0.3, 0.4) is 0 Å². The molecule has 3 heteroatoms. The van der Waals surface area contributed by atoms with E-state index in [9.17, 15) is 0 Å². The Labute approximate surface area is 118 Å². The fourth-order valence-corrected chi connectivity index (χ4v) is 1.97. The van der Waals surface area contributed by atoms with Crippen LogP contribution in [0.2, 0.25) is 0 Å². The quantitative estimate of drug-likeness (QED) is 0.819. The van der Waals surface area contributed by atoms with Gasteiger partial charge in [-0.05, 0) is 52.4 Å². The van der Waals surface area contributed by atoms with Crippen LogP contribution in [0.1, 0.15) is 52.4 Å².